The Morgan fingerprint density at radius 3 is 1.94 bits per heavy atom. The molecule has 1 fully saturated rings. The summed E-state index contributed by atoms with van der Waals surface area (Å²) < 4.78 is 89.8. The molecule has 0 spiro atoms. The predicted molar refractivity (Wildman–Crippen MR) is 120 cm³/mol. The molecular formula is C25H22F5NO3S. The van der Waals surface area contributed by atoms with Gasteiger partial charge >= 0.3 is 6.36 Å². The van der Waals surface area contributed by atoms with Gasteiger partial charge in [-0.25, -0.2) is 17.7 Å². The van der Waals surface area contributed by atoms with Crippen molar-refractivity contribution >= 4 is 11.0 Å². The lowest BCUT2D eigenvalue weighted by molar-refractivity contribution is -0.274. The molecule has 1 aliphatic rings. The molecule has 1 heterocycles. The van der Waals surface area contributed by atoms with Crippen molar-refractivity contribution in [3.8, 4) is 5.75 Å². The first-order valence-electron chi connectivity index (χ1n) is 10.8. The molecule has 1 aliphatic heterocycles. The van der Waals surface area contributed by atoms with Gasteiger partial charge in [0.2, 0.25) is 0 Å². The van der Waals surface area contributed by atoms with E-state index >= 15 is 0 Å². The lowest BCUT2D eigenvalue weighted by Gasteiger charge is -2.35. The standard InChI is InChI=1S/C25H22F5NO3S/c26-18-5-1-16(2-6-18)24(17-3-7-19(27)8-4-17)23-15-20(13-14-33-23)31-35(32)22-11-9-21(10-12-22)34-25(28,29)30/h1-12,20,23-24,31H,13-15H2. The molecule has 10 heteroatoms. The molecule has 35 heavy (non-hydrogen) atoms. The lowest BCUT2D eigenvalue weighted by Crippen LogP contribution is -2.42. The van der Waals surface area contributed by atoms with Crippen LogP contribution in [0.2, 0.25) is 0 Å². The van der Waals surface area contributed by atoms with E-state index in [0.29, 0.717) is 24.3 Å². The number of benzene rings is 3. The summed E-state index contributed by atoms with van der Waals surface area (Å²) >= 11 is 0. The average molecular weight is 512 g/mol. The van der Waals surface area contributed by atoms with Gasteiger partial charge in [0, 0.05) is 18.6 Å². The summed E-state index contributed by atoms with van der Waals surface area (Å²) in [4.78, 5) is 0.302. The summed E-state index contributed by atoms with van der Waals surface area (Å²) in [6.45, 7) is 0.372. The van der Waals surface area contributed by atoms with Crippen LogP contribution in [-0.4, -0.2) is 29.3 Å². The minimum Gasteiger partial charge on any atom is -0.406 e. The van der Waals surface area contributed by atoms with Crippen molar-refractivity contribution in [2.45, 2.75) is 42.2 Å². The molecule has 4 rings (SSSR count). The Bertz CT molecular complexity index is 1090. The minimum absolute atomic E-state index is 0.218. The largest absolute Gasteiger partial charge is 0.573 e. The van der Waals surface area contributed by atoms with Gasteiger partial charge in [0.15, 0.2) is 0 Å². The molecular weight excluding hydrogens is 489 g/mol. The molecule has 4 nitrogen and oxygen atoms in total. The smallest absolute Gasteiger partial charge is 0.406 e. The summed E-state index contributed by atoms with van der Waals surface area (Å²) in [5, 5.41) is 0. The van der Waals surface area contributed by atoms with Crippen LogP contribution in [0.15, 0.2) is 77.7 Å². The maximum Gasteiger partial charge on any atom is 0.573 e. The summed E-state index contributed by atoms with van der Waals surface area (Å²) in [6.07, 6.45) is -4.14. The van der Waals surface area contributed by atoms with Gasteiger partial charge in [0.25, 0.3) is 0 Å². The van der Waals surface area contributed by atoms with Crippen LogP contribution in [0.1, 0.15) is 29.9 Å². The average Bonchev–Trinajstić information content (AvgIpc) is 2.81. The molecule has 0 radical (unpaired) electrons. The number of hydrogen-bond acceptors (Lipinski definition) is 3. The maximum atomic E-state index is 13.5. The summed E-state index contributed by atoms with van der Waals surface area (Å²) in [6, 6.07) is 16.7. The van der Waals surface area contributed by atoms with E-state index in [4.69, 9.17) is 4.74 Å². The van der Waals surface area contributed by atoms with Crippen molar-refractivity contribution in [1.29, 1.82) is 0 Å². The topological polar surface area (TPSA) is 47.6 Å². The van der Waals surface area contributed by atoms with Crippen LogP contribution >= 0.6 is 0 Å². The first-order valence-corrected chi connectivity index (χ1v) is 12.0. The number of nitrogens with one attached hydrogen (secondary N) is 1. The quantitative estimate of drug-likeness (QED) is 0.405. The fourth-order valence-corrected chi connectivity index (χ4v) is 5.15. The van der Waals surface area contributed by atoms with E-state index in [9.17, 15) is 26.2 Å². The summed E-state index contributed by atoms with van der Waals surface area (Å²) in [5.74, 6) is -1.46. The maximum absolute atomic E-state index is 13.5. The van der Waals surface area contributed by atoms with Crippen molar-refractivity contribution in [3.05, 3.63) is 95.6 Å². The second kappa shape index (κ2) is 10.8. The molecule has 3 unspecified atom stereocenters. The van der Waals surface area contributed by atoms with Gasteiger partial charge in [-0.05, 0) is 72.5 Å². The third-order valence-corrected chi connectivity index (χ3v) is 6.94. The number of rotatable bonds is 7. The fraction of sp³-hybridized carbons (Fsp3) is 0.280. The van der Waals surface area contributed by atoms with Crippen molar-refractivity contribution in [3.63, 3.8) is 0 Å². The van der Waals surface area contributed by atoms with Gasteiger partial charge in [0.05, 0.1) is 11.0 Å². The first-order chi connectivity index (χ1) is 16.7. The molecule has 0 bridgehead atoms. The van der Waals surface area contributed by atoms with Crippen LogP contribution < -0.4 is 9.46 Å². The molecule has 1 N–H and O–H groups in total. The Morgan fingerprint density at radius 1 is 0.886 bits per heavy atom. The Hall–Kier alpha value is -2.82. The van der Waals surface area contributed by atoms with E-state index in [1.165, 1.54) is 36.4 Å². The Balaban J connectivity index is 1.48. The molecule has 0 amide bonds. The zero-order chi connectivity index (χ0) is 25.0. The molecule has 0 saturated carbocycles. The summed E-state index contributed by atoms with van der Waals surface area (Å²) in [7, 11) is -1.68. The van der Waals surface area contributed by atoms with Crippen molar-refractivity contribution in [2.24, 2.45) is 0 Å². The SMILES string of the molecule is O=S(NC1CCOC(C(c2ccc(F)cc2)c2ccc(F)cc2)C1)c1ccc(OC(F)(F)F)cc1. The van der Waals surface area contributed by atoms with Crippen LogP contribution in [0.25, 0.3) is 0 Å². The molecule has 186 valence electrons. The Labute approximate surface area is 201 Å². The van der Waals surface area contributed by atoms with E-state index in [0.717, 1.165) is 23.3 Å². The Kier molecular flexibility index (Phi) is 7.83. The number of ether oxygens (including phenoxy) is 2. The second-order valence-electron chi connectivity index (χ2n) is 8.12. The molecule has 3 aromatic carbocycles. The van der Waals surface area contributed by atoms with Gasteiger partial charge in [0.1, 0.15) is 28.4 Å². The highest BCUT2D eigenvalue weighted by Crippen LogP contribution is 2.35. The van der Waals surface area contributed by atoms with Gasteiger partial charge in [-0.1, -0.05) is 24.3 Å². The molecule has 0 aliphatic carbocycles. The lowest BCUT2D eigenvalue weighted by atomic mass is 9.82. The summed E-state index contributed by atoms with van der Waals surface area (Å²) in [5.41, 5.74) is 1.59. The zero-order valence-corrected chi connectivity index (χ0v) is 19.1. The monoisotopic (exact) mass is 511 g/mol. The molecule has 3 atom stereocenters. The molecule has 3 aromatic rings. The number of alkyl halides is 3. The van der Waals surface area contributed by atoms with Crippen molar-refractivity contribution < 1.29 is 35.6 Å². The Morgan fingerprint density at radius 2 is 1.43 bits per heavy atom. The van der Waals surface area contributed by atoms with E-state index < -0.39 is 23.1 Å². The van der Waals surface area contributed by atoms with Crippen molar-refractivity contribution in [1.82, 2.24) is 4.72 Å². The first kappa shape index (κ1) is 25.3. The van der Waals surface area contributed by atoms with Crippen LogP contribution in [0.3, 0.4) is 0 Å². The van der Waals surface area contributed by atoms with Gasteiger partial charge in [-0.3, -0.25) is 0 Å². The van der Waals surface area contributed by atoms with E-state index in [2.05, 4.69) is 9.46 Å². The normalized spacial score (nSPS) is 19.5. The van der Waals surface area contributed by atoms with Crippen LogP contribution in [0, 0.1) is 11.6 Å². The molecule has 0 aromatic heterocycles. The van der Waals surface area contributed by atoms with E-state index in [-0.39, 0.29) is 29.7 Å². The third-order valence-electron chi connectivity index (χ3n) is 5.69. The van der Waals surface area contributed by atoms with Gasteiger partial charge < -0.3 is 9.47 Å². The second-order valence-corrected chi connectivity index (χ2v) is 9.36. The van der Waals surface area contributed by atoms with Crippen LogP contribution in [0.5, 0.6) is 5.75 Å². The van der Waals surface area contributed by atoms with Gasteiger partial charge in [-0.15, -0.1) is 13.2 Å². The van der Waals surface area contributed by atoms with E-state index in [1.54, 1.807) is 24.3 Å². The van der Waals surface area contributed by atoms with Crippen LogP contribution in [-0.2, 0) is 15.7 Å². The third kappa shape index (κ3) is 6.87. The minimum atomic E-state index is -4.80. The van der Waals surface area contributed by atoms with Crippen LogP contribution in [0.4, 0.5) is 22.0 Å². The fourth-order valence-electron chi connectivity index (χ4n) is 4.11. The highest BCUT2D eigenvalue weighted by atomic mass is 32.2. The highest BCUT2D eigenvalue weighted by molar-refractivity contribution is 7.83. The predicted octanol–water partition coefficient (Wildman–Crippen LogP) is 5.86. The number of hydrogen-bond donors (Lipinski definition) is 1. The van der Waals surface area contributed by atoms with E-state index in [1.807, 2.05) is 0 Å². The zero-order valence-electron chi connectivity index (χ0n) is 18.3. The number of halogens is 5. The van der Waals surface area contributed by atoms with Crippen molar-refractivity contribution in [2.75, 3.05) is 6.61 Å². The molecule has 1 saturated heterocycles. The highest BCUT2D eigenvalue weighted by Gasteiger charge is 2.33. The van der Waals surface area contributed by atoms with Gasteiger partial charge in [-0.2, -0.15) is 0 Å².